The molecule has 8 heteroatoms. The van der Waals surface area contributed by atoms with Crippen molar-refractivity contribution >= 4 is 11.6 Å². The van der Waals surface area contributed by atoms with Gasteiger partial charge >= 0.3 is 0 Å². The molecule has 1 N–H and O–H groups in total. The summed E-state index contributed by atoms with van der Waals surface area (Å²) in [6, 6.07) is 10.4. The zero-order chi connectivity index (χ0) is 22.9. The lowest BCUT2D eigenvalue weighted by atomic mass is 10.1. The van der Waals surface area contributed by atoms with E-state index < -0.39 is 0 Å². The van der Waals surface area contributed by atoms with Crippen LogP contribution in [0.1, 0.15) is 54.5 Å². The third-order valence-electron chi connectivity index (χ3n) is 6.71. The third kappa shape index (κ3) is 4.91. The molecule has 1 amide bonds. The SMILES string of the molecule is CC(C)N1CCN(CC2CC2)CC1c1nnc2ccc(C(=O)NCc3cccc(F)c3)cn12. The fraction of sp³-hybridized carbons (Fsp3) is 0.480. The molecule has 3 heterocycles. The predicted molar refractivity (Wildman–Crippen MR) is 124 cm³/mol. The lowest BCUT2D eigenvalue weighted by Gasteiger charge is -2.42. The van der Waals surface area contributed by atoms with Crippen molar-refractivity contribution in [3.8, 4) is 0 Å². The third-order valence-corrected chi connectivity index (χ3v) is 6.71. The van der Waals surface area contributed by atoms with E-state index in [9.17, 15) is 9.18 Å². The van der Waals surface area contributed by atoms with Crippen molar-refractivity contribution in [1.82, 2.24) is 29.7 Å². The molecule has 1 unspecified atom stereocenters. The van der Waals surface area contributed by atoms with Crippen LogP contribution in [0.3, 0.4) is 0 Å². The first kappa shape index (κ1) is 22.0. The van der Waals surface area contributed by atoms with Crippen molar-refractivity contribution in [2.45, 2.75) is 45.3 Å². The van der Waals surface area contributed by atoms with Crippen molar-refractivity contribution in [2.24, 2.45) is 5.92 Å². The quantitative estimate of drug-likeness (QED) is 0.599. The van der Waals surface area contributed by atoms with Crippen LogP contribution in [-0.2, 0) is 6.54 Å². The summed E-state index contributed by atoms with van der Waals surface area (Å²) in [4.78, 5) is 17.9. The maximum atomic E-state index is 13.4. The van der Waals surface area contributed by atoms with Gasteiger partial charge in [-0.15, -0.1) is 10.2 Å². The van der Waals surface area contributed by atoms with E-state index in [-0.39, 0.29) is 24.3 Å². The van der Waals surface area contributed by atoms with Gasteiger partial charge in [-0.3, -0.25) is 19.0 Å². The standard InChI is InChI=1S/C25H31FN6O/c1-17(2)31-11-10-30(14-18-6-7-18)16-22(31)24-29-28-23-9-8-20(15-32(23)24)25(33)27-13-19-4-3-5-21(26)12-19/h3-5,8-9,12,15,17-18,22H,6-7,10-11,13-14,16H2,1-2H3,(H,27,33). The fourth-order valence-corrected chi connectivity index (χ4v) is 4.73. The number of aromatic nitrogens is 3. The highest BCUT2D eigenvalue weighted by atomic mass is 19.1. The number of carbonyl (C=O) groups is 1. The zero-order valence-corrected chi connectivity index (χ0v) is 19.2. The number of hydrogen-bond donors (Lipinski definition) is 1. The molecule has 3 aromatic rings. The number of nitrogens with one attached hydrogen (secondary N) is 1. The van der Waals surface area contributed by atoms with Gasteiger partial charge in [0.2, 0.25) is 0 Å². The number of amides is 1. The topological polar surface area (TPSA) is 65.8 Å². The van der Waals surface area contributed by atoms with Gasteiger partial charge in [-0.1, -0.05) is 12.1 Å². The van der Waals surface area contributed by atoms with Crippen LogP contribution in [0.15, 0.2) is 42.6 Å². The Labute approximate surface area is 193 Å². The number of nitrogens with zero attached hydrogens (tertiary/aromatic N) is 5. The Kier molecular flexibility index (Phi) is 6.12. The second kappa shape index (κ2) is 9.19. The van der Waals surface area contributed by atoms with Crippen molar-refractivity contribution in [3.63, 3.8) is 0 Å². The molecule has 1 saturated heterocycles. The normalized spacial score (nSPS) is 19.9. The molecule has 1 aliphatic carbocycles. The lowest BCUT2D eigenvalue weighted by Crippen LogP contribution is -2.51. The zero-order valence-electron chi connectivity index (χ0n) is 19.2. The highest BCUT2D eigenvalue weighted by Gasteiger charge is 2.35. The molecule has 0 bridgehead atoms. The van der Waals surface area contributed by atoms with E-state index in [1.54, 1.807) is 18.2 Å². The van der Waals surface area contributed by atoms with Gasteiger partial charge in [-0.25, -0.2) is 4.39 Å². The average Bonchev–Trinajstić information content (AvgIpc) is 3.52. The van der Waals surface area contributed by atoms with Gasteiger partial charge in [0.25, 0.3) is 5.91 Å². The molecule has 7 nitrogen and oxygen atoms in total. The summed E-state index contributed by atoms with van der Waals surface area (Å²) in [5, 5.41) is 11.8. The van der Waals surface area contributed by atoms with Gasteiger partial charge in [0, 0.05) is 45.0 Å². The number of halogens is 1. The second-order valence-electron chi connectivity index (χ2n) is 9.57. The van der Waals surface area contributed by atoms with E-state index in [2.05, 4.69) is 39.2 Å². The Hall–Kier alpha value is -2.84. The molecular weight excluding hydrogens is 419 g/mol. The molecule has 33 heavy (non-hydrogen) atoms. The largest absolute Gasteiger partial charge is 0.348 e. The molecule has 174 valence electrons. The maximum Gasteiger partial charge on any atom is 0.253 e. The number of rotatable bonds is 7. The molecule has 2 aromatic heterocycles. The fourth-order valence-electron chi connectivity index (χ4n) is 4.73. The highest BCUT2D eigenvalue weighted by Crippen LogP contribution is 2.33. The molecule has 0 radical (unpaired) electrons. The lowest BCUT2D eigenvalue weighted by molar-refractivity contribution is 0.0437. The maximum absolute atomic E-state index is 13.4. The van der Waals surface area contributed by atoms with Crippen LogP contribution in [-0.4, -0.2) is 62.5 Å². The van der Waals surface area contributed by atoms with Crippen LogP contribution in [0.25, 0.3) is 5.65 Å². The molecule has 1 aliphatic heterocycles. The summed E-state index contributed by atoms with van der Waals surface area (Å²) >= 11 is 0. The van der Waals surface area contributed by atoms with Crippen LogP contribution in [0.5, 0.6) is 0 Å². The van der Waals surface area contributed by atoms with Gasteiger partial charge in [-0.05, 0) is 62.4 Å². The smallest absolute Gasteiger partial charge is 0.253 e. The average molecular weight is 451 g/mol. The summed E-state index contributed by atoms with van der Waals surface area (Å²) in [6.45, 7) is 8.87. The van der Waals surface area contributed by atoms with Crippen LogP contribution in [0.4, 0.5) is 4.39 Å². The van der Waals surface area contributed by atoms with Gasteiger partial charge in [-0.2, -0.15) is 0 Å². The number of carbonyl (C=O) groups excluding carboxylic acids is 1. The molecule has 2 aliphatic rings. The van der Waals surface area contributed by atoms with E-state index in [0.29, 0.717) is 11.6 Å². The van der Waals surface area contributed by atoms with Gasteiger partial charge in [0.05, 0.1) is 11.6 Å². The van der Waals surface area contributed by atoms with Crippen LogP contribution >= 0.6 is 0 Å². The molecule has 5 rings (SSSR count). The second-order valence-corrected chi connectivity index (χ2v) is 9.57. The van der Waals surface area contributed by atoms with E-state index in [4.69, 9.17) is 0 Å². The Bertz CT molecular complexity index is 1140. The number of fused-ring (bicyclic) bond motifs is 1. The number of hydrogen-bond acceptors (Lipinski definition) is 5. The Morgan fingerprint density at radius 2 is 2.03 bits per heavy atom. The van der Waals surface area contributed by atoms with Gasteiger partial charge in [0.15, 0.2) is 11.5 Å². The van der Waals surface area contributed by atoms with Crippen molar-refractivity contribution < 1.29 is 9.18 Å². The molecule has 1 atom stereocenters. The molecular formula is C25H31FN6O. The Balaban J connectivity index is 1.37. The highest BCUT2D eigenvalue weighted by molar-refractivity contribution is 5.94. The molecule has 2 fully saturated rings. The van der Waals surface area contributed by atoms with Crippen LogP contribution in [0, 0.1) is 11.7 Å². The molecule has 1 saturated carbocycles. The van der Waals surface area contributed by atoms with Crippen LogP contribution in [0.2, 0.25) is 0 Å². The van der Waals surface area contributed by atoms with E-state index >= 15 is 0 Å². The van der Waals surface area contributed by atoms with Crippen molar-refractivity contribution in [3.05, 3.63) is 65.4 Å². The number of benzene rings is 1. The first-order valence-electron chi connectivity index (χ1n) is 11.8. The summed E-state index contributed by atoms with van der Waals surface area (Å²) in [5.74, 6) is 1.20. The van der Waals surface area contributed by atoms with E-state index in [0.717, 1.165) is 49.1 Å². The minimum atomic E-state index is -0.310. The molecule has 0 spiro atoms. The summed E-state index contributed by atoms with van der Waals surface area (Å²) < 4.78 is 15.4. The predicted octanol–water partition coefficient (Wildman–Crippen LogP) is 3.28. The summed E-state index contributed by atoms with van der Waals surface area (Å²) in [6.07, 6.45) is 4.51. The first-order valence-corrected chi connectivity index (χ1v) is 11.8. The minimum Gasteiger partial charge on any atom is -0.348 e. The van der Waals surface area contributed by atoms with Crippen molar-refractivity contribution in [1.29, 1.82) is 0 Å². The number of pyridine rings is 1. The summed E-state index contributed by atoms with van der Waals surface area (Å²) in [7, 11) is 0. The molecule has 1 aromatic carbocycles. The Morgan fingerprint density at radius 1 is 1.18 bits per heavy atom. The monoisotopic (exact) mass is 450 g/mol. The Morgan fingerprint density at radius 3 is 2.79 bits per heavy atom. The van der Waals surface area contributed by atoms with E-state index in [1.165, 1.54) is 25.0 Å². The minimum absolute atomic E-state index is 0.123. The first-order chi connectivity index (χ1) is 16.0. The van der Waals surface area contributed by atoms with E-state index in [1.807, 2.05) is 16.7 Å². The van der Waals surface area contributed by atoms with Crippen LogP contribution < -0.4 is 5.32 Å². The van der Waals surface area contributed by atoms with Gasteiger partial charge in [0.1, 0.15) is 5.82 Å². The van der Waals surface area contributed by atoms with Gasteiger partial charge < -0.3 is 5.32 Å². The number of piperazine rings is 1. The summed E-state index contributed by atoms with van der Waals surface area (Å²) in [5.41, 5.74) is 1.98. The van der Waals surface area contributed by atoms with Crippen molar-refractivity contribution in [2.75, 3.05) is 26.2 Å².